The van der Waals surface area contributed by atoms with E-state index in [4.69, 9.17) is 14.6 Å². The zero-order chi connectivity index (χ0) is 18.1. The van der Waals surface area contributed by atoms with Crippen molar-refractivity contribution in [2.45, 2.75) is 19.8 Å². The molecular formula is C19H21NO5. The Balaban J connectivity index is 1.90. The first-order valence-corrected chi connectivity index (χ1v) is 8.03. The molecule has 0 saturated carbocycles. The minimum atomic E-state index is -0.851. The van der Waals surface area contributed by atoms with Crippen LogP contribution in [0, 0.1) is 0 Å². The molecule has 1 amide bonds. The third-order valence-electron chi connectivity index (χ3n) is 3.35. The van der Waals surface area contributed by atoms with Crippen molar-refractivity contribution in [3.8, 4) is 11.5 Å². The maximum Gasteiger partial charge on any atom is 0.303 e. The summed E-state index contributed by atoms with van der Waals surface area (Å²) in [6.45, 7) is 2.24. The Morgan fingerprint density at radius 1 is 1.04 bits per heavy atom. The number of aryl methyl sites for hydroxylation is 1. The van der Waals surface area contributed by atoms with Crippen molar-refractivity contribution in [1.82, 2.24) is 0 Å². The Morgan fingerprint density at radius 3 is 2.44 bits per heavy atom. The van der Waals surface area contributed by atoms with Gasteiger partial charge in [0.05, 0.1) is 6.61 Å². The topological polar surface area (TPSA) is 84.9 Å². The Hall–Kier alpha value is -3.02. The number of carboxylic acids is 1. The molecule has 6 heteroatoms. The number of carboxylic acid groups (broad SMARTS) is 1. The van der Waals surface area contributed by atoms with E-state index in [1.807, 2.05) is 25.1 Å². The van der Waals surface area contributed by atoms with Gasteiger partial charge in [-0.1, -0.05) is 24.3 Å². The molecule has 0 radical (unpaired) electrons. The van der Waals surface area contributed by atoms with Gasteiger partial charge in [0.2, 0.25) is 0 Å². The van der Waals surface area contributed by atoms with Crippen LogP contribution in [-0.4, -0.2) is 30.2 Å². The summed E-state index contributed by atoms with van der Waals surface area (Å²) < 4.78 is 11.0. The van der Waals surface area contributed by atoms with E-state index < -0.39 is 5.97 Å². The standard InChI is InChI=1S/C19H21NO5/c1-2-24-16-8-3-4-9-17(16)25-13-18(21)20-15-7-5-6-14(12-15)10-11-19(22)23/h3-9,12H,2,10-11,13H2,1H3,(H,20,21)(H,22,23). The lowest BCUT2D eigenvalue weighted by atomic mass is 10.1. The highest BCUT2D eigenvalue weighted by Crippen LogP contribution is 2.26. The third-order valence-corrected chi connectivity index (χ3v) is 3.35. The molecule has 0 fully saturated rings. The van der Waals surface area contributed by atoms with Gasteiger partial charge in [-0.15, -0.1) is 0 Å². The van der Waals surface area contributed by atoms with Crippen LogP contribution >= 0.6 is 0 Å². The fourth-order valence-electron chi connectivity index (χ4n) is 2.24. The summed E-state index contributed by atoms with van der Waals surface area (Å²) in [5.41, 5.74) is 1.46. The number of aliphatic carboxylic acids is 1. The molecule has 2 aromatic rings. The number of hydrogen-bond donors (Lipinski definition) is 2. The van der Waals surface area contributed by atoms with Crippen LogP contribution < -0.4 is 14.8 Å². The number of rotatable bonds is 9. The summed E-state index contributed by atoms with van der Waals surface area (Å²) in [6.07, 6.45) is 0.464. The summed E-state index contributed by atoms with van der Waals surface area (Å²) in [6, 6.07) is 14.3. The molecule has 0 aliphatic rings. The Labute approximate surface area is 146 Å². The predicted octanol–water partition coefficient (Wildman–Crippen LogP) is 3.12. The molecule has 132 valence electrons. The molecule has 0 aliphatic heterocycles. The molecule has 2 aromatic carbocycles. The van der Waals surface area contributed by atoms with Gasteiger partial charge in [0.1, 0.15) is 0 Å². The molecule has 25 heavy (non-hydrogen) atoms. The van der Waals surface area contributed by atoms with E-state index in [-0.39, 0.29) is 18.9 Å². The molecule has 0 heterocycles. The zero-order valence-corrected chi connectivity index (χ0v) is 14.0. The van der Waals surface area contributed by atoms with Crippen LogP contribution in [0.15, 0.2) is 48.5 Å². The van der Waals surface area contributed by atoms with Crippen molar-refractivity contribution in [1.29, 1.82) is 0 Å². The number of benzene rings is 2. The fourth-order valence-corrected chi connectivity index (χ4v) is 2.24. The van der Waals surface area contributed by atoms with Crippen LogP contribution in [0.5, 0.6) is 11.5 Å². The molecule has 2 N–H and O–H groups in total. The molecule has 0 atom stereocenters. The first-order valence-electron chi connectivity index (χ1n) is 8.03. The van der Waals surface area contributed by atoms with E-state index in [0.717, 1.165) is 5.56 Å². The molecule has 0 aliphatic carbocycles. The van der Waals surface area contributed by atoms with Crippen molar-refractivity contribution in [2.75, 3.05) is 18.5 Å². The highest BCUT2D eigenvalue weighted by molar-refractivity contribution is 5.92. The first kappa shape index (κ1) is 18.3. The van der Waals surface area contributed by atoms with Gasteiger partial charge in [-0.2, -0.15) is 0 Å². The van der Waals surface area contributed by atoms with Crippen molar-refractivity contribution in [3.05, 3.63) is 54.1 Å². The molecule has 0 bridgehead atoms. The van der Waals surface area contributed by atoms with E-state index in [9.17, 15) is 9.59 Å². The molecule has 0 spiro atoms. The number of ether oxygens (including phenoxy) is 2. The summed E-state index contributed by atoms with van der Waals surface area (Å²) in [5, 5.41) is 11.5. The van der Waals surface area contributed by atoms with Crippen LogP contribution in [0.1, 0.15) is 18.9 Å². The van der Waals surface area contributed by atoms with Crippen molar-refractivity contribution in [3.63, 3.8) is 0 Å². The molecular weight excluding hydrogens is 322 g/mol. The molecule has 2 rings (SSSR count). The highest BCUT2D eigenvalue weighted by atomic mass is 16.5. The van der Waals surface area contributed by atoms with Crippen LogP contribution in [0.2, 0.25) is 0 Å². The maximum absolute atomic E-state index is 12.1. The average Bonchev–Trinajstić information content (AvgIpc) is 2.60. The van der Waals surface area contributed by atoms with E-state index in [1.165, 1.54) is 0 Å². The summed E-state index contributed by atoms with van der Waals surface area (Å²) in [7, 11) is 0. The van der Waals surface area contributed by atoms with Crippen LogP contribution in [0.4, 0.5) is 5.69 Å². The quantitative estimate of drug-likeness (QED) is 0.731. The predicted molar refractivity (Wildman–Crippen MR) is 94.1 cm³/mol. The second-order valence-electron chi connectivity index (χ2n) is 5.31. The minimum Gasteiger partial charge on any atom is -0.490 e. The van der Waals surface area contributed by atoms with Gasteiger partial charge in [0.25, 0.3) is 5.91 Å². The smallest absolute Gasteiger partial charge is 0.303 e. The highest BCUT2D eigenvalue weighted by Gasteiger charge is 2.08. The number of para-hydroxylation sites is 2. The summed E-state index contributed by atoms with van der Waals surface area (Å²) in [5.74, 6) is -0.0549. The first-order chi connectivity index (χ1) is 12.1. The lowest BCUT2D eigenvalue weighted by Crippen LogP contribution is -2.20. The monoisotopic (exact) mass is 343 g/mol. The zero-order valence-electron chi connectivity index (χ0n) is 14.0. The number of amides is 1. The molecule has 6 nitrogen and oxygen atoms in total. The van der Waals surface area contributed by atoms with Gasteiger partial charge in [-0.25, -0.2) is 0 Å². The van der Waals surface area contributed by atoms with Gasteiger partial charge in [0, 0.05) is 12.1 Å². The summed E-state index contributed by atoms with van der Waals surface area (Å²) >= 11 is 0. The number of hydrogen-bond acceptors (Lipinski definition) is 4. The SMILES string of the molecule is CCOc1ccccc1OCC(=O)Nc1cccc(CCC(=O)O)c1. The van der Waals surface area contributed by atoms with E-state index in [2.05, 4.69) is 5.32 Å². The average molecular weight is 343 g/mol. The van der Waals surface area contributed by atoms with Crippen molar-refractivity contribution >= 4 is 17.6 Å². The lowest BCUT2D eigenvalue weighted by molar-refractivity contribution is -0.137. The van der Waals surface area contributed by atoms with Crippen LogP contribution in [0.3, 0.4) is 0 Å². The van der Waals surface area contributed by atoms with E-state index in [0.29, 0.717) is 30.2 Å². The van der Waals surface area contributed by atoms with Crippen molar-refractivity contribution in [2.24, 2.45) is 0 Å². The maximum atomic E-state index is 12.1. The van der Waals surface area contributed by atoms with Gasteiger partial charge in [-0.05, 0) is 43.2 Å². The normalized spacial score (nSPS) is 10.1. The van der Waals surface area contributed by atoms with E-state index >= 15 is 0 Å². The van der Waals surface area contributed by atoms with Crippen molar-refractivity contribution < 1.29 is 24.2 Å². The Morgan fingerprint density at radius 2 is 1.76 bits per heavy atom. The summed E-state index contributed by atoms with van der Waals surface area (Å²) in [4.78, 5) is 22.7. The van der Waals surface area contributed by atoms with Gasteiger partial charge >= 0.3 is 5.97 Å². The molecule has 0 aromatic heterocycles. The third kappa shape index (κ3) is 6.18. The second kappa shape index (κ2) is 9.32. The Bertz CT molecular complexity index is 729. The Kier molecular flexibility index (Phi) is 6.83. The minimum absolute atomic E-state index is 0.0503. The number of carbonyl (C=O) groups excluding carboxylic acids is 1. The number of anilines is 1. The number of nitrogens with one attached hydrogen (secondary N) is 1. The van der Waals surface area contributed by atoms with Crippen LogP contribution in [0.25, 0.3) is 0 Å². The largest absolute Gasteiger partial charge is 0.490 e. The van der Waals surface area contributed by atoms with Gasteiger partial charge in [-0.3, -0.25) is 9.59 Å². The lowest BCUT2D eigenvalue weighted by Gasteiger charge is -2.12. The van der Waals surface area contributed by atoms with Gasteiger partial charge in [0.15, 0.2) is 18.1 Å². The van der Waals surface area contributed by atoms with Crippen LogP contribution in [-0.2, 0) is 16.0 Å². The van der Waals surface area contributed by atoms with Gasteiger partial charge < -0.3 is 19.9 Å². The molecule has 0 unspecified atom stereocenters. The fraction of sp³-hybridized carbons (Fsp3) is 0.263. The number of carbonyl (C=O) groups is 2. The second-order valence-corrected chi connectivity index (χ2v) is 5.31. The van der Waals surface area contributed by atoms with E-state index in [1.54, 1.807) is 30.3 Å². The molecule has 0 saturated heterocycles.